The van der Waals surface area contributed by atoms with E-state index in [9.17, 15) is 13.2 Å². The largest absolute Gasteiger partial charge is 0.350 e. The molecule has 0 aliphatic heterocycles. The Labute approximate surface area is 175 Å². The van der Waals surface area contributed by atoms with Crippen LogP contribution in [0.4, 0.5) is 5.69 Å². The normalized spacial score (nSPS) is 12.5. The van der Waals surface area contributed by atoms with Crippen LogP contribution in [-0.4, -0.2) is 26.6 Å². The number of carbonyl (C=O) groups is 1. The molecule has 0 aliphatic carbocycles. The predicted octanol–water partition coefficient (Wildman–Crippen LogP) is 3.90. The number of sulfonamides is 1. The SMILES string of the molecule is CCc1ccc(CC)c(CNC(=O)[C@@H](C)N(c2cc(C)ccc2C)S(C)(=O)=O)c1. The van der Waals surface area contributed by atoms with Crippen LogP contribution in [-0.2, 0) is 34.2 Å². The van der Waals surface area contributed by atoms with Gasteiger partial charge >= 0.3 is 0 Å². The third-order valence-electron chi connectivity index (χ3n) is 5.20. The topological polar surface area (TPSA) is 66.5 Å². The monoisotopic (exact) mass is 416 g/mol. The number of carbonyl (C=O) groups excluding carboxylic acids is 1. The Morgan fingerprint density at radius 1 is 1.03 bits per heavy atom. The number of nitrogens with one attached hydrogen (secondary N) is 1. The number of hydrogen-bond donors (Lipinski definition) is 1. The van der Waals surface area contributed by atoms with Gasteiger partial charge in [-0.25, -0.2) is 8.42 Å². The second kappa shape index (κ2) is 9.44. The van der Waals surface area contributed by atoms with Gasteiger partial charge in [-0.3, -0.25) is 9.10 Å². The Balaban J connectivity index is 2.28. The van der Waals surface area contributed by atoms with E-state index in [1.54, 1.807) is 13.0 Å². The van der Waals surface area contributed by atoms with Gasteiger partial charge in [0.2, 0.25) is 15.9 Å². The van der Waals surface area contributed by atoms with Gasteiger partial charge in [0.1, 0.15) is 6.04 Å². The van der Waals surface area contributed by atoms with Crippen LogP contribution in [0.5, 0.6) is 0 Å². The smallest absolute Gasteiger partial charge is 0.243 e. The molecule has 1 N–H and O–H groups in total. The van der Waals surface area contributed by atoms with Crippen molar-refractivity contribution in [2.24, 2.45) is 0 Å². The molecule has 29 heavy (non-hydrogen) atoms. The highest BCUT2D eigenvalue weighted by molar-refractivity contribution is 7.92. The second-order valence-electron chi connectivity index (χ2n) is 7.55. The summed E-state index contributed by atoms with van der Waals surface area (Å²) in [7, 11) is -3.64. The molecular weight excluding hydrogens is 384 g/mol. The highest BCUT2D eigenvalue weighted by atomic mass is 32.2. The molecule has 0 saturated carbocycles. The van der Waals surface area contributed by atoms with Crippen LogP contribution in [0.2, 0.25) is 0 Å². The Hall–Kier alpha value is -2.34. The van der Waals surface area contributed by atoms with Crippen LogP contribution < -0.4 is 9.62 Å². The molecule has 0 unspecified atom stereocenters. The molecule has 0 aromatic heterocycles. The lowest BCUT2D eigenvalue weighted by atomic mass is 10.0. The average Bonchev–Trinajstić information content (AvgIpc) is 2.67. The molecule has 2 aromatic carbocycles. The molecule has 1 atom stereocenters. The Morgan fingerprint density at radius 3 is 2.31 bits per heavy atom. The number of aryl methyl sites for hydroxylation is 4. The molecule has 1 amide bonds. The van der Waals surface area contributed by atoms with E-state index in [1.165, 1.54) is 15.4 Å². The van der Waals surface area contributed by atoms with Crippen molar-refractivity contribution >= 4 is 21.6 Å². The molecule has 0 aliphatic rings. The fourth-order valence-electron chi connectivity index (χ4n) is 3.48. The van der Waals surface area contributed by atoms with Crippen molar-refractivity contribution in [2.75, 3.05) is 10.6 Å². The summed E-state index contributed by atoms with van der Waals surface area (Å²) >= 11 is 0. The molecule has 0 heterocycles. The molecule has 0 saturated heterocycles. The highest BCUT2D eigenvalue weighted by Gasteiger charge is 2.30. The summed E-state index contributed by atoms with van der Waals surface area (Å²) in [5, 5.41) is 2.94. The van der Waals surface area contributed by atoms with E-state index in [4.69, 9.17) is 0 Å². The van der Waals surface area contributed by atoms with Crippen LogP contribution in [0.25, 0.3) is 0 Å². The molecule has 158 valence electrons. The lowest BCUT2D eigenvalue weighted by molar-refractivity contribution is -0.122. The molecular formula is C23H32N2O3S. The molecule has 0 fully saturated rings. The van der Waals surface area contributed by atoms with Gasteiger partial charge < -0.3 is 5.32 Å². The van der Waals surface area contributed by atoms with Crippen LogP contribution in [0.15, 0.2) is 36.4 Å². The molecule has 2 rings (SSSR count). The van der Waals surface area contributed by atoms with Gasteiger partial charge in [-0.2, -0.15) is 0 Å². The van der Waals surface area contributed by atoms with Gasteiger partial charge in [-0.15, -0.1) is 0 Å². The summed E-state index contributed by atoms with van der Waals surface area (Å²) in [6.45, 7) is 9.94. The van der Waals surface area contributed by atoms with Crippen molar-refractivity contribution in [1.82, 2.24) is 5.32 Å². The Morgan fingerprint density at radius 2 is 1.72 bits per heavy atom. The van der Waals surface area contributed by atoms with Crippen molar-refractivity contribution < 1.29 is 13.2 Å². The van der Waals surface area contributed by atoms with Crippen molar-refractivity contribution in [2.45, 2.75) is 60.0 Å². The van der Waals surface area contributed by atoms with Crippen molar-refractivity contribution in [3.05, 3.63) is 64.2 Å². The maximum atomic E-state index is 12.9. The van der Waals surface area contributed by atoms with E-state index in [-0.39, 0.29) is 5.91 Å². The number of nitrogens with zero attached hydrogens (tertiary/aromatic N) is 1. The van der Waals surface area contributed by atoms with Crippen LogP contribution in [0.3, 0.4) is 0 Å². The first-order chi connectivity index (χ1) is 13.6. The number of anilines is 1. The molecule has 2 aromatic rings. The quantitative estimate of drug-likeness (QED) is 0.710. The molecule has 6 heteroatoms. The summed E-state index contributed by atoms with van der Waals surface area (Å²) < 4.78 is 26.3. The fourth-order valence-corrected chi connectivity index (χ4v) is 4.70. The molecule has 5 nitrogen and oxygen atoms in total. The highest BCUT2D eigenvalue weighted by Crippen LogP contribution is 2.26. The first-order valence-corrected chi connectivity index (χ1v) is 11.9. The van der Waals surface area contributed by atoms with Crippen molar-refractivity contribution in [3.8, 4) is 0 Å². The van der Waals surface area contributed by atoms with Crippen molar-refractivity contribution in [1.29, 1.82) is 0 Å². The second-order valence-corrected chi connectivity index (χ2v) is 9.41. The zero-order chi connectivity index (χ0) is 21.8. The Bertz CT molecular complexity index is 984. The molecule has 0 radical (unpaired) electrons. The van der Waals surface area contributed by atoms with Gasteiger partial charge in [0, 0.05) is 6.54 Å². The third-order valence-corrected chi connectivity index (χ3v) is 6.43. The minimum absolute atomic E-state index is 0.319. The fraction of sp³-hybridized carbons (Fsp3) is 0.435. The van der Waals surface area contributed by atoms with E-state index in [2.05, 4.69) is 37.4 Å². The lowest BCUT2D eigenvalue weighted by Crippen LogP contribution is -2.48. The van der Waals surface area contributed by atoms with Crippen LogP contribution >= 0.6 is 0 Å². The zero-order valence-electron chi connectivity index (χ0n) is 18.2. The van der Waals surface area contributed by atoms with Gasteiger partial charge in [0.05, 0.1) is 11.9 Å². The predicted molar refractivity (Wildman–Crippen MR) is 120 cm³/mol. The van der Waals surface area contributed by atoms with E-state index in [0.29, 0.717) is 12.2 Å². The molecule has 0 spiro atoms. The summed E-state index contributed by atoms with van der Waals surface area (Å²) in [6, 6.07) is 11.1. The van der Waals surface area contributed by atoms with Gasteiger partial charge in [0.25, 0.3) is 0 Å². The number of benzene rings is 2. The minimum Gasteiger partial charge on any atom is -0.350 e. The van der Waals surface area contributed by atoms with Crippen LogP contribution in [0.1, 0.15) is 48.6 Å². The lowest BCUT2D eigenvalue weighted by Gasteiger charge is -2.30. The third kappa shape index (κ3) is 5.60. The standard InChI is InChI=1S/C23H32N2O3S/c1-7-19-11-12-20(8-2)21(14-19)15-24-23(26)18(5)25(29(6,27)28)22-13-16(3)9-10-17(22)4/h9-14,18H,7-8,15H2,1-6H3,(H,24,26)/t18-/m1/s1. The van der Waals surface area contributed by atoms with E-state index in [0.717, 1.165) is 35.8 Å². The van der Waals surface area contributed by atoms with E-state index in [1.807, 2.05) is 26.0 Å². The van der Waals surface area contributed by atoms with E-state index < -0.39 is 16.1 Å². The minimum atomic E-state index is -3.64. The first kappa shape index (κ1) is 22.9. The maximum Gasteiger partial charge on any atom is 0.243 e. The summed E-state index contributed by atoms with van der Waals surface area (Å²) in [5.74, 6) is -0.319. The summed E-state index contributed by atoms with van der Waals surface area (Å²) in [4.78, 5) is 12.9. The summed E-state index contributed by atoms with van der Waals surface area (Å²) in [6.07, 6.45) is 2.94. The maximum absolute atomic E-state index is 12.9. The van der Waals surface area contributed by atoms with Crippen molar-refractivity contribution in [3.63, 3.8) is 0 Å². The number of amides is 1. The van der Waals surface area contributed by atoms with Gasteiger partial charge in [0.15, 0.2) is 0 Å². The first-order valence-electron chi connectivity index (χ1n) is 10.0. The zero-order valence-corrected chi connectivity index (χ0v) is 19.1. The average molecular weight is 417 g/mol. The Kier molecular flexibility index (Phi) is 7.47. The van der Waals surface area contributed by atoms with E-state index >= 15 is 0 Å². The number of rotatable bonds is 8. The molecule has 0 bridgehead atoms. The van der Waals surface area contributed by atoms with Gasteiger partial charge in [-0.1, -0.05) is 44.2 Å². The van der Waals surface area contributed by atoms with Gasteiger partial charge in [-0.05, 0) is 67.5 Å². The number of hydrogen-bond acceptors (Lipinski definition) is 3. The summed E-state index contributed by atoms with van der Waals surface area (Å²) in [5.41, 5.74) is 5.76. The van der Waals surface area contributed by atoms with Crippen LogP contribution in [0, 0.1) is 13.8 Å².